The summed E-state index contributed by atoms with van der Waals surface area (Å²) in [7, 11) is 0. The van der Waals surface area contributed by atoms with Crippen molar-refractivity contribution in [3.05, 3.63) is 53.3 Å². The molecule has 2 aromatic heterocycles. The van der Waals surface area contributed by atoms with Crippen LogP contribution >= 0.6 is 23.4 Å². The average Bonchev–Trinajstić information content (AvgIpc) is 3.44. The van der Waals surface area contributed by atoms with E-state index in [1.165, 1.54) is 18.0 Å². The van der Waals surface area contributed by atoms with E-state index in [9.17, 15) is 4.79 Å². The molecule has 34 heavy (non-hydrogen) atoms. The number of primary amides is 1. The minimum Gasteiger partial charge on any atom is -0.444 e. The Hall–Kier alpha value is -2.46. The molecule has 1 spiro atoms. The van der Waals surface area contributed by atoms with Crippen molar-refractivity contribution in [2.45, 2.75) is 60.6 Å². The molecule has 2 atom stereocenters. The fraction of sp³-hybridized carbons (Fsp3) is 0.417. The summed E-state index contributed by atoms with van der Waals surface area (Å²) in [4.78, 5) is 25.5. The summed E-state index contributed by atoms with van der Waals surface area (Å²) in [5.74, 6) is -0.0367. The van der Waals surface area contributed by atoms with Crippen LogP contribution in [-0.2, 0) is 4.74 Å². The number of amides is 1. The van der Waals surface area contributed by atoms with E-state index in [4.69, 9.17) is 37.2 Å². The Labute approximate surface area is 206 Å². The van der Waals surface area contributed by atoms with Gasteiger partial charge in [0.1, 0.15) is 11.3 Å². The van der Waals surface area contributed by atoms with Crippen LogP contribution in [0.5, 0.6) is 0 Å². The first-order valence-electron chi connectivity index (χ1n) is 11.3. The fourth-order valence-electron chi connectivity index (χ4n) is 4.93. The number of benzene rings is 1. The number of nitrogens with zero attached hydrogens (tertiary/aromatic N) is 3. The van der Waals surface area contributed by atoms with Gasteiger partial charge in [-0.3, -0.25) is 9.78 Å². The molecular weight excluding hydrogens is 474 g/mol. The molecule has 1 saturated carbocycles. The van der Waals surface area contributed by atoms with Crippen LogP contribution in [0.15, 0.2) is 51.2 Å². The molecule has 1 saturated heterocycles. The van der Waals surface area contributed by atoms with Crippen molar-refractivity contribution in [3.8, 4) is 11.5 Å². The molecule has 2 aliphatic rings. The van der Waals surface area contributed by atoms with Gasteiger partial charge in [0.05, 0.1) is 41.4 Å². The second kappa shape index (κ2) is 9.30. The van der Waals surface area contributed by atoms with E-state index < -0.39 is 5.91 Å². The number of carbonyl (C=O) groups is 1. The standard InChI is InChI=1S/C24H26ClN5O3S/c1-13-21(26)24(12-33-13)7-5-14(6-8-24)16-9-29-19(10-28-16)34-18-4-2-3-15(20(18)25)23-30-17(11-32-23)22(27)31/h2-4,9-11,13-14,21H,5-8,12,26H2,1H3,(H2,27,31)/t13-,14?,21+,24?/m0/s1. The summed E-state index contributed by atoms with van der Waals surface area (Å²) >= 11 is 8.02. The molecule has 10 heteroatoms. The van der Waals surface area contributed by atoms with Gasteiger partial charge in [0, 0.05) is 22.3 Å². The highest BCUT2D eigenvalue weighted by molar-refractivity contribution is 7.99. The smallest absolute Gasteiger partial charge is 0.270 e. The molecule has 0 unspecified atom stereocenters. The van der Waals surface area contributed by atoms with Gasteiger partial charge in [-0.05, 0) is 44.7 Å². The second-order valence-electron chi connectivity index (χ2n) is 9.08. The van der Waals surface area contributed by atoms with Gasteiger partial charge in [0.2, 0.25) is 5.89 Å². The molecule has 4 N–H and O–H groups in total. The molecular formula is C24H26ClN5O3S. The third kappa shape index (κ3) is 4.33. The van der Waals surface area contributed by atoms with Crippen LogP contribution in [0.25, 0.3) is 11.5 Å². The number of ether oxygens (including phenoxy) is 1. The molecule has 1 amide bonds. The summed E-state index contributed by atoms with van der Waals surface area (Å²) in [5.41, 5.74) is 13.5. The predicted octanol–water partition coefficient (Wildman–Crippen LogP) is 4.43. The number of oxazole rings is 1. The average molecular weight is 500 g/mol. The zero-order valence-electron chi connectivity index (χ0n) is 18.7. The third-order valence-corrected chi connectivity index (χ3v) is 8.56. The maximum atomic E-state index is 11.3. The molecule has 0 bridgehead atoms. The topological polar surface area (TPSA) is 130 Å². The Bertz CT molecular complexity index is 1190. The van der Waals surface area contributed by atoms with E-state index in [0.717, 1.165) is 47.9 Å². The van der Waals surface area contributed by atoms with Crippen molar-refractivity contribution in [1.82, 2.24) is 15.0 Å². The first kappa shape index (κ1) is 23.3. The zero-order valence-corrected chi connectivity index (χ0v) is 20.3. The molecule has 0 radical (unpaired) electrons. The predicted molar refractivity (Wildman–Crippen MR) is 129 cm³/mol. The van der Waals surface area contributed by atoms with Crippen LogP contribution in [0, 0.1) is 5.41 Å². The minimum atomic E-state index is -0.658. The van der Waals surface area contributed by atoms with Gasteiger partial charge in [-0.15, -0.1) is 0 Å². The van der Waals surface area contributed by atoms with Crippen molar-refractivity contribution in [3.63, 3.8) is 0 Å². The lowest BCUT2D eigenvalue weighted by Gasteiger charge is -2.39. The van der Waals surface area contributed by atoms with Crippen molar-refractivity contribution in [1.29, 1.82) is 0 Å². The number of aromatic nitrogens is 3. The highest BCUT2D eigenvalue weighted by Crippen LogP contribution is 2.48. The van der Waals surface area contributed by atoms with Crippen LogP contribution in [-0.4, -0.2) is 39.6 Å². The number of hydrogen-bond donors (Lipinski definition) is 2. The lowest BCUT2D eigenvalue weighted by molar-refractivity contribution is 0.0894. The quantitative estimate of drug-likeness (QED) is 0.527. The molecule has 1 aliphatic carbocycles. The van der Waals surface area contributed by atoms with E-state index in [1.54, 1.807) is 12.3 Å². The monoisotopic (exact) mass is 499 g/mol. The Kier molecular flexibility index (Phi) is 6.37. The molecule has 1 aromatic carbocycles. The maximum Gasteiger partial charge on any atom is 0.270 e. The number of nitrogens with two attached hydrogens (primary N) is 2. The van der Waals surface area contributed by atoms with Crippen LogP contribution in [0.3, 0.4) is 0 Å². The van der Waals surface area contributed by atoms with Gasteiger partial charge < -0.3 is 20.6 Å². The molecule has 1 aliphatic heterocycles. The summed E-state index contributed by atoms with van der Waals surface area (Å²) in [5, 5.41) is 1.19. The van der Waals surface area contributed by atoms with Gasteiger partial charge in [0.25, 0.3) is 5.91 Å². The maximum absolute atomic E-state index is 11.3. The zero-order chi connectivity index (χ0) is 23.9. The fourth-order valence-corrected chi connectivity index (χ4v) is 6.03. The lowest BCUT2D eigenvalue weighted by atomic mass is 9.66. The summed E-state index contributed by atoms with van der Waals surface area (Å²) in [6.07, 6.45) is 9.21. The van der Waals surface area contributed by atoms with E-state index in [1.807, 2.05) is 18.3 Å². The van der Waals surface area contributed by atoms with Crippen LogP contribution < -0.4 is 11.5 Å². The highest BCUT2D eigenvalue weighted by Gasteiger charge is 2.47. The van der Waals surface area contributed by atoms with Gasteiger partial charge in [-0.1, -0.05) is 29.4 Å². The van der Waals surface area contributed by atoms with E-state index in [2.05, 4.69) is 16.9 Å². The summed E-state index contributed by atoms with van der Waals surface area (Å²) in [6, 6.07) is 5.61. The Morgan fingerprint density at radius 1 is 1.24 bits per heavy atom. The third-order valence-electron chi connectivity index (χ3n) is 7.06. The molecule has 3 aromatic rings. The first-order chi connectivity index (χ1) is 16.4. The van der Waals surface area contributed by atoms with Crippen molar-refractivity contribution in [2.24, 2.45) is 16.9 Å². The Balaban J connectivity index is 1.27. The molecule has 5 rings (SSSR count). The number of carbonyl (C=O) groups excluding carboxylic acids is 1. The van der Waals surface area contributed by atoms with E-state index >= 15 is 0 Å². The molecule has 178 valence electrons. The Morgan fingerprint density at radius 2 is 2.03 bits per heavy atom. The van der Waals surface area contributed by atoms with Crippen LogP contribution in [0.1, 0.15) is 54.7 Å². The minimum absolute atomic E-state index is 0.0520. The second-order valence-corrected chi connectivity index (χ2v) is 10.5. The Morgan fingerprint density at radius 3 is 2.65 bits per heavy atom. The van der Waals surface area contributed by atoms with Crippen molar-refractivity contribution >= 4 is 29.3 Å². The number of rotatable bonds is 5. The van der Waals surface area contributed by atoms with Gasteiger partial charge in [-0.25, -0.2) is 9.97 Å². The van der Waals surface area contributed by atoms with Crippen LogP contribution in [0.4, 0.5) is 0 Å². The van der Waals surface area contributed by atoms with E-state index in [0.29, 0.717) is 16.5 Å². The largest absolute Gasteiger partial charge is 0.444 e. The van der Waals surface area contributed by atoms with E-state index in [-0.39, 0.29) is 29.1 Å². The number of hydrogen-bond acceptors (Lipinski definition) is 8. The lowest BCUT2D eigenvalue weighted by Crippen LogP contribution is -2.45. The van der Waals surface area contributed by atoms with Gasteiger partial charge >= 0.3 is 0 Å². The summed E-state index contributed by atoms with van der Waals surface area (Å²) < 4.78 is 11.2. The number of halogens is 1. The normalized spacial score (nSPS) is 26.7. The molecule has 3 heterocycles. The SMILES string of the molecule is C[C@@H]1OCC2(CCC(c3cnc(Sc4cccc(-c5nc(C(N)=O)co5)c4Cl)cn3)CC2)[C@@H]1N. The van der Waals surface area contributed by atoms with Gasteiger partial charge in [-0.2, -0.15) is 0 Å². The van der Waals surface area contributed by atoms with Gasteiger partial charge in [0.15, 0.2) is 5.69 Å². The molecule has 8 nitrogen and oxygen atoms in total. The van der Waals surface area contributed by atoms with Crippen LogP contribution in [0.2, 0.25) is 5.02 Å². The highest BCUT2D eigenvalue weighted by atomic mass is 35.5. The summed E-state index contributed by atoms with van der Waals surface area (Å²) in [6.45, 7) is 2.83. The first-order valence-corrected chi connectivity index (χ1v) is 12.5. The van der Waals surface area contributed by atoms with Crippen molar-refractivity contribution in [2.75, 3.05) is 6.61 Å². The molecule has 2 fully saturated rings. The van der Waals surface area contributed by atoms with Crippen molar-refractivity contribution < 1.29 is 13.9 Å².